The second kappa shape index (κ2) is 12.2. The van der Waals surface area contributed by atoms with E-state index < -0.39 is 77.9 Å². The van der Waals surface area contributed by atoms with Crippen LogP contribution in [-0.2, 0) is 28.7 Å². The minimum absolute atomic E-state index is 0.0167. The largest absolute Gasteiger partial charge is 0.393 e. The summed E-state index contributed by atoms with van der Waals surface area (Å²) in [6.45, 7) is 6.77. The van der Waals surface area contributed by atoms with Crippen LogP contribution in [0.5, 0.6) is 0 Å². The van der Waals surface area contributed by atoms with E-state index in [0.29, 0.717) is 0 Å². The van der Waals surface area contributed by atoms with Crippen LogP contribution in [0, 0.1) is 11.8 Å². The Balaban J connectivity index is 3.00. The van der Waals surface area contributed by atoms with E-state index in [9.17, 15) is 39.3 Å². The van der Waals surface area contributed by atoms with Crippen LogP contribution in [0.4, 0.5) is 0 Å². The van der Waals surface area contributed by atoms with Gasteiger partial charge >= 0.3 is 0 Å². The Morgan fingerprint density at radius 1 is 0.882 bits per heavy atom. The van der Waals surface area contributed by atoms with Gasteiger partial charge in [-0.1, -0.05) is 13.8 Å². The summed E-state index contributed by atoms with van der Waals surface area (Å²) in [6, 6.07) is -4.16. The number of epoxide rings is 1. The van der Waals surface area contributed by atoms with Crippen LogP contribution < -0.4 is 21.7 Å². The van der Waals surface area contributed by atoms with Gasteiger partial charge in [0.15, 0.2) is 11.4 Å². The Labute approximate surface area is 197 Å². The van der Waals surface area contributed by atoms with Crippen molar-refractivity contribution in [3.63, 3.8) is 0 Å². The highest BCUT2D eigenvalue weighted by Crippen LogP contribution is 2.30. The van der Waals surface area contributed by atoms with Gasteiger partial charge in [0, 0.05) is 0 Å². The topological polar surface area (TPSA) is 221 Å². The lowest BCUT2D eigenvalue weighted by molar-refractivity contribution is -0.139. The third-order valence-corrected chi connectivity index (χ3v) is 5.48. The standard InChI is InChI=1S/C21H36N4O9/c1-9(2)6-13(16(29)21(7-26)8-34-21)23-19(32)14(11(4)27)25-20(33)15(12(5)28)24-18(31)10(3)17(22)30/h9-15,26-28H,6-8H2,1-5H3,(H2,22,30)(H,23,32)(H,24,31)(H,25,33)/t10-,11-,12-,13+,14+,15+,21?/m1/s1. The number of nitrogens with one attached hydrogen (secondary N) is 3. The van der Waals surface area contributed by atoms with Gasteiger partial charge in [0.2, 0.25) is 23.6 Å². The summed E-state index contributed by atoms with van der Waals surface area (Å²) < 4.78 is 5.08. The Hall–Kier alpha value is -2.61. The minimum Gasteiger partial charge on any atom is -0.393 e. The van der Waals surface area contributed by atoms with Crippen molar-refractivity contribution in [1.29, 1.82) is 0 Å². The Morgan fingerprint density at radius 3 is 1.68 bits per heavy atom. The van der Waals surface area contributed by atoms with Gasteiger partial charge in [0.05, 0.1) is 31.5 Å². The zero-order valence-electron chi connectivity index (χ0n) is 20.0. The second-order valence-electron chi connectivity index (χ2n) is 9.07. The molecule has 0 aliphatic carbocycles. The van der Waals surface area contributed by atoms with Crippen LogP contribution in [0.3, 0.4) is 0 Å². The van der Waals surface area contributed by atoms with Crippen LogP contribution in [0.25, 0.3) is 0 Å². The van der Waals surface area contributed by atoms with Crippen molar-refractivity contribution in [3.8, 4) is 0 Å². The van der Waals surface area contributed by atoms with Crippen molar-refractivity contribution in [2.75, 3.05) is 13.2 Å². The molecule has 4 amide bonds. The molecule has 1 unspecified atom stereocenters. The molecule has 0 spiro atoms. The van der Waals surface area contributed by atoms with E-state index in [-0.39, 0.29) is 18.9 Å². The fourth-order valence-electron chi connectivity index (χ4n) is 3.14. The fraction of sp³-hybridized carbons (Fsp3) is 0.762. The van der Waals surface area contributed by atoms with Crippen molar-refractivity contribution in [2.24, 2.45) is 17.6 Å². The molecule has 34 heavy (non-hydrogen) atoms. The summed E-state index contributed by atoms with van der Waals surface area (Å²) in [5, 5.41) is 36.5. The van der Waals surface area contributed by atoms with Crippen LogP contribution in [0.2, 0.25) is 0 Å². The fourth-order valence-corrected chi connectivity index (χ4v) is 3.14. The number of amides is 4. The highest BCUT2D eigenvalue weighted by Gasteiger charge is 2.54. The summed E-state index contributed by atoms with van der Waals surface area (Å²) in [7, 11) is 0. The number of rotatable bonds is 14. The Bertz CT molecular complexity index is 780. The van der Waals surface area contributed by atoms with Crippen molar-refractivity contribution >= 4 is 29.4 Å². The molecule has 13 nitrogen and oxygen atoms in total. The van der Waals surface area contributed by atoms with Crippen molar-refractivity contribution in [3.05, 3.63) is 0 Å². The lowest BCUT2D eigenvalue weighted by Gasteiger charge is -2.28. The van der Waals surface area contributed by atoms with E-state index in [4.69, 9.17) is 10.5 Å². The second-order valence-corrected chi connectivity index (χ2v) is 9.07. The van der Waals surface area contributed by atoms with Crippen molar-refractivity contribution < 1.29 is 44.0 Å². The maximum absolute atomic E-state index is 12.9. The molecule has 7 atom stereocenters. The Morgan fingerprint density at radius 2 is 1.32 bits per heavy atom. The first-order chi connectivity index (χ1) is 15.7. The number of nitrogens with two attached hydrogens (primary N) is 1. The highest BCUT2D eigenvalue weighted by atomic mass is 16.6. The lowest BCUT2D eigenvalue weighted by Crippen LogP contribution is -2.62. The maximum Gasteiger partial charge on any atom is 0.245 e. The van der Waals surface area contributed by atoms with Gasteiger partial charge in [-0.2, -0.15) is 0 Å². The van der Waals surface area contributed by atoms with Gasteiger partial charge in [-0.15, -0.1) is 0 Å². The third kappa shape index (κ3) is 7.72. The highest BCUT2D eigenvalue weighted by molar-refractivity contribution is 6.02. The number of carbonyl (C=O) groups is 5. The number of aliphatic hydroxyl groups excluding tert-OH is 3. The smallest absolute Gasteiger partial charge is 0.245 e. The predicted molar refractivity (Wildman–Crippen MR) is 118 cm³/mol. The molecule has 194 valence electrons. The average molecular weight is 489 g/mol. The van der Waals surface area contributed by atoms with Crippen LogP contribution in [-0.4, -0.2) is 93.9 Å². The van der Waals surface area contributed by atoms with E-state index >= 15 is 0 Å². The lowest BCUT2D eigenvalue weighted by atomic mass is 9.92. The number of aliphatic hydroxyl groups is 3. The zero-order valence-corrected chi connectivity index (χ0v) is 20.0. The molecule has 8 N–H and O–H groups in total. The quantitative estimate of drug-likeness (QED) is 0.0959. The normalized spacial score (nSPS) is 22.5. The molecular weight excluding hydrogens is 452 g/mol. The van der Waals surface area contributed by atoms with Gasteiger partial charge in [0.25, 0.3) is 0 Å². The summed E-state index contributed by atoms with van der Waals surface area (Å²) in [5.41, 5.74) is 3.69. The van der Waals surface area contributed by atoms with Crippen LogP contribution >= 0.6 is 0 Å². The van der Waals surface area contributed by atoms with Gasteiger partial charge in [-0.05, 0) is 33.1 Å². The summed E-state index contributed by atoms with van der Waals surface area (Å²) in [6.07, 6.45) is -2.63. The SMILES string of the molecule is CC(C)C[C@H](NC(=O)[C@@H](NC(=O)[C@@H](NC(=O)[C@H](C)C(N)=O)[C@@H](C)O)[C@@H](C)O)C(=O)C1(CO)CO1. The number of carbonyl (C=O) groups excluding carboxylic acids is 5. The van der Waals surface area contributed by atoms with Crippen molar-refractivity contribution in [2.45, 2.75) is 77.0 Å². The van der Waals surface area contributed by atoms with E-state index in [1.165, 1.54) is 20.8 Å². The molecular formula is C21H36N4O9. The molecule has 0 saturated carbocycles. The molecule has 0 aromatic rings. The van der Waals surface area contributed by atoms with Crippen LogP contribution in [0.1, 0.15) is 41.0 Å². The number of Topliss-reactive ketones (excluding diaryl/α,β-unsaturated/α-hetero) is 1. The molecule has 1 fully saturated rings. The summed E-state index contributed by atoms with van der Waals surface area (Å²) >= 11 is 0. The van der Waals surface area contributed by atoms with Crippen molar-refractivity contribution in [1.82, 2.24) is 16.0 Å². The number of ketones is 1. The molecule has 0 aromatic carbocycles. The van der Waals surface area contributed by atoms with Gasteiger partial charge in [-0.25, -0.2) is 0 Å². The molecule has 13 heteroatoms. The third-order valence-electron chi connectivity index (χ3n) is 5.48. The summed E-state index contributed by atoms with van der Waals surface area (Å²) in [4.78, 5) is 61.8. The first-order valence-electron chi connectivity index (χ1n) is 11.0. The molecule has 1 heterocycles. The number of ether oxygens (including phenoxy) is 1. The number of hydrogen-bond acceptors (Lipinski definition) is 9. The molecule has 0 aromatic heterocycles. The zero-order chi connectivity index (χ0) is 26.4. The number of hydrogen-bond donors (Lipinski definition) is 7. The number of primary amides is 1. The maximum atomic E-state index is 12.9. The molecule has 1 aliphatic rings. The van der Waals surface area contributed by atoms with E-state index in [2.05, 4.69) is 16.0 Å². The minimum atomic E-state index is -1.56. The van der Waals surface area contributed by atoms with E-state index in [1.807, 2.05) is 13.8 Å². The molecule has 0 bridgehead atoms. The monoisotopic (exact) mass is 488 g/mol. The summed E-state index contributed by atoms with van der Waals surface area (Å²) in [5.74, 6) is -5.58. The van der Waals surface area contributed by atoms with Gasteiger partial charge in [0.1, 0.15) is 18.0 Å². The van der Waals surface area contributed by atoms with Gasteiger partial charge in [-0.3, -0.25) is 24.0 Å². The predicted octanol–water partition coefficient (Wildman–Crippen LogP) is -3.30. The van der Waals surface area contributed by atoms with E-state index in [1.54, 1.807) is 0 Å². The molecule has 0 radical (unpaired) electrons. The molecule has 1 saturated heterocycles. The first kappa shape index (κ1) is 29.4. The van der Waals surface area contributed by atoms with Gasteiger partial charge < -0.3 is 41.7 Å². The van der Waals surface area contributed by atoms with E-state index in [0.717, 1.165) is 0 Å². The first-order valence-corrected chi connectivity index (χ1v) is 11.0. The Kier molecular flexibility index (Phi) is 10.6. The molecule has 1 rings (SSSR count). The van der Waals surface area contributed by atoms with Crippen LogP contribution in [0.15, 0.2) is 0 Å². The average Bonchev–Trinajstić information content (AvgIpc) is 3.54. The molecule has 1 aliphatic heterocycles.